The molecule has 0 rings (SSSR count). The van der Waals surface area contributed by atoms with E-state index in [1.54, 1.807) is 20.8 Å². The lowest BCUT2D eigenvalue weighted by Gasteiger charge is -2.22. The maximum absolute atomic E-state index is 12.7. The number of carbonyl (C=O) groups is 2. The molecule has 0 fully saturated rings. The summed E-state index contributed by atoms with van der Waals surface area (Å²) >= 11 is 0. The zero-order valence-electron chi connectivity index (χ0n) is 8.99. The SMILES string of the molecule is CC(C)(C)OC(=O)[C@@H](N)C[C@@H](F)C(=O)O. The number of carbonyl (C=O) groups excluding carboxylic acids is 1. The number of halogens is 1. The maximum atomic E-state index is 12.7. The number of hydrogen-bond acceptors (Lipinski definition) is 4. The molecule has 0 aromatic carbocycles. The Kier molecular flexibility index (Phi) is 4.67. The average Bonchev–Trinajstić information content (AvgIpc) is 2.00. The number of hydrogen-bond donors (Lipinski definition) is 2. The largest absolute Gasteiger partial charge is 0.479 e. The van der Waals surface area contributed by atoms with Crippen LogP contribution in [0, 0.1) is 0 Å². The van der Waals surface area contributed by atoms with Crippen molar-refractivity contribution in [3.8, 4) is 0 Å². The smallest absolute Gasteiger partial charge is 0.338 e. The molecule has 5 nitrogen and oxygen atoms in total. The summed E-state index contributed by atoms with van der Waals surface area (Å²) in [6.45, 7) is 4.92. The van der Waals surface area contributed by atoms with E-state index in [4.69, 9.17) is 15.6 Å². The minimum Gasteiger partial charge on any atom is -0.479 e. The molecule has 0 amide bonds. The molecular formula is C9H16FNO4. The van der Waals surface area contributed by atoms with Crippen molar-refractivity contribution in [1.29, 1.82) is 0 Å². The molecule has 0 aliphatic rings. The Hall–Kier alpha value is -1.17. The van der Waals surface area contributed by atoms with Crippen LogP contribution in [0.5, 0.6) is 0 Å². The van der Waals surface area contributed by atoms with Crippen LogP contribution in [0.15, 0.2) is 0 Å². The Morgan fingerprint density at radius 2 is 1.93 bits per heavy atom. The van der Waals surface area contributed by atoms with Gasteiger partial charge in [0.1, 0.15) is 11.6 Å². The number of esters is 1. The summed E-state index contributed by atoms with van der Waals surface area (Å²) in [6.07, 6.45) is -2.72. The minimum atomic E-state index is -2.15. The Labute approximate surface area is 87.4 Å². The fraction of sp³-hybridized carbons (Fsp3) is 0.778. The normalized spacial score (nSPS) is 15.5. The first-order chi connectivity index (χ1) is 6.63. The molecule has 2 atom stereocenters. The van der Waals surface area contributed by atoms with Crippen LogP contribution in [0.25, 0.3) is 0 Å². The highest BCUT2D eigenvalue weighted by molar-refractivity contribution is 5.78. The number of rotatable bonds is 4. The Morgan fingerprint density at radius 1 is 1.47 bits per heavy atom. The van der Waals surface area contributed by atoms with Gasteiger partial charge in [0.25, 0.3) is 0 Å². The highest BCUT2D eigenvalue weighted by Gasteiger charge is 2.27. The standard InChI is InChI=1S/C9H16FNO4/c1-9(2,3)15-8(14)6(11)4-5(10)7(12)13/h5-6H,4,11H2,1-3H3,(H,12,13)/t5-,6+/m1/s1. The molecule has 3 N–H and O–H groups in total. The fourth-order valence-electron chi connectivity index (χ4n) is 0.797. The Morgan fingerprint density at radius 3 is 2.27 bits per heavy atom. The van der Waals surface area contributed by atoms with Crippen LogP contribution < -0.4 is 5.73 Å². The van der Waals surface area contributed by atoms with Crippen molar-refractivity contribution in [2.24, 2.45) is 5.73 Å². The van der Waals surface area contributed by atoms with Gasteiger partial charge in [0.15, 0.2) is 6.17 Å². The third-order valence-electron chi connectivity index (χ3n) is 1.44. The number of alkyl halides is 1. The van der Waals surface area contributed by atoms with Gasteiger partial charge in [-0.2, -0.15) is 0 Å². The molecule has 0 radical (unpaired) electrons. The fourth-order valence-corrected chi connectivity index (χ4v) is 0.797. The lowest BCUT2D eigenvalue weighted by molar-refractivity contribution is -0.157. The van der Waals surface area contributed by atoms with Gasteiger partial charge in [-0.15, -0.1) is 0 Å². The van der Waals surface area contributed by atoms with Crippen LogP contribution in [-0.4, -0.2) is 34.9 Å². The van der Waals surface area contributed by atoms with Crippen molar-refractivity contribution in [1.82, 2.24) is 0 Å². The van der Waals surface area contributed by atoms with Crippen molar-refractivity contribution in [3.63, 3.8) is 0 Å². The zero-order chi connectivity index (χ0) is 12.2. The number of carboxylic acid groups (broad SMARTS) is 1. The van der Waals surface area contributed by atoms with E-state index in [0.29, 0.717) is 0 Å². The molecule has 0 aliphatic carbocycles. The van der Waals surface area contributed by atoms with Gasteiger partial charge in [-0.05, 0) is 20.8 Å². The molecule has 0 saturated carbocycles. The first kappa shape index (κ1) is 13.8. The van der Waals surface area contributed by atoms with Gasteiger partial charge in [0.2, 0.25) is 0 Å². The highest BCUT2D eigenvalue weighted by Crippen LogP contribution is 2.10. The summed E-state index contributed by atoms with van der Waals surface area (Å²) in [5.41, 5.74) is 4.57. The van der Waals surface area contributed by atoms with Crippen LogP contribution in [0.1, 0.15) is 27.2 Å². The minimum absolute atomic E-state index is 0.579. The van der Waals surface area contributed by atoms with Crippen LogP contribution >= 0.6 is 0 Å². The maximum Gasteiger partial charge on any atom is 0.338 e. The third kappa shape index (κ3) is 6.01. The molecule has 0 aromatic rings. The predicted octanol–water partition coefficient (Wildman–Crippen LogP) is 0.468. The zero-order valence-corrected chi connectivity index (χ0v) is 8.99. The number of aliphatic carboxylic acids is 1. The molecule has 0 saturated heterocycles. The molecule has 0 unspecified atom stereocenters. The van der Waals surface area contributed by atoms with Crippen molar-refractivity contribution in [2.45, 2.75) is 45.0 Å². The van der Waals surface area contributed by atoms with E-state index in [-0.39, 0.29) is 0 Å². The average molecular weight is 221 g/mol. The van der Waals surface area contributed by atoms with E-state index in [1.807, 2.05) is 0 Å². The summed E-state index contributed by atoms with van der Waals surface area (Å²) in [4.78, 5) is 21.4. The van der Waals surface area contributed by atoms with Crippen LogP contribution in [0.4, 0.5) is 4.39 Å². The van der Waals surface area contributed by atoms with Crippen molar-refractivity contribution < 1.29 is 23.8 Å². The molecule has 88 valence electrons. The van der Waals surface area contributed by atoms with Gasteiger partial charge in [-0.25, -0.2) is 9.18 Å². The Balaban J connectivity index is 4.17. The molecule has 15 heavy (non-hydrogen) atoms. The molecular weight excluding hydrogens is 205 g/mol. The van der Waals surface area contributed by atoms with E-state index in [2.05, 4.69) is 0 Å². The summed E-state index contributed by atoms with van der Waals surface area (Å²) in [7, 11) is 0. The first-order valence-corrected chi connectivity index (χ1v) is 4.49. The lowest BCUT2D eigenvalue weighted by Crippen LogP contribution is -2.40. The molecule has 0 heterocycles. The molecule has 0 aliphatic heterocycles. The predicted molar refractivity (Wildman–Crippen MR) is 51.0 cm³/mol. The second-order valence-corrected chi connectivity index (χ2v) is 4.18. The van der Waals surface area contributed by atoms with Gasteiger partial charge < -0.3 is 15.6 Å². The Bertz CT molecular complexity index is 249. The summed E-state index contributed by atoms with van der Waals surface area (Å²) < 4.78 is 17.5. The van der Waals surface area contributed by atoms with E-state index >= 15 is 0 Å². The van der Waals surface area contributed by atoms with E-state index in [9.17, 15) is 14.0 Å². The number of ether oxygens (including phenoxy) is 1. The van der Waals surface area contributed by atoms with Crippen molar-refractivity contribution >= 4 is 11.9 Å². The lowest BCUT2D eigenvalue weighted by atomic mass is 10.1. The summed E-state index contributed by atoms with van der Waals surface area (Å²) in [5, 5.41) is 8.26. The third-order valence-corrected chi connectivity index (χ3v) is 1.44. The van der Waals surface area contributed by atoms with Gasteiger partial charge >= 0.3 is 11.9 Å². The summed E-state index contributed by atoms with van der Waals surface area (Å²) in [5.74, 6) is -2.43. The molecule has 0 aromatic heterocycles. The topological polar surface area (TPSA) is 89.6 Å². The van der Waals surface area contributed by atoms with Gasteiger partial charge in [0.05, 0.1) is 0 Å². The number of carboxylic acids is 1. The molecule has 0 bridgehead atoms. The van der Waals surface area contributed by atoms with Crippen molar-refractivity contribution in [2.75, 3.05) is 0 Å². The number of nitrogens with two attached hydrogens (primary N) is 1. The van der Waals surface area contributed by atoms with Gasteiger partial charge in [0, 0.05) is 6.42 Å². The van der Waals surface area contributed by atoms with Crippen LogP contribution in [-0.2, 0) is 14.3 Å². The van der Waals surface area contributed by atoms with Gasteiger partial charge in [-0.3, -0.25) is 4.79 Å². The van der Waals surface area contributed by atoms with E-state index in [0.717, 1.165) is 0 Å². The van der Waals surface area contributed by atoms with Crippen molar-refractivity contribution in [3.05, 3.63) is 0 Å². The quantitative estimate of drug-likeness (QED) is 0.673. The van der Waals surface area contributed by atoms with Crippen LogP contribution in [0.2, 0.25) is 0 Å². The van der Waals surface area contributed by atoms with Gasteiger partial charge in [-0.1, -0.05) is 0 Å². The second-order valence-electron chi connectivity index (χ2n) is 4.18. The second kappa shape index (κ2) is 5.06. The molecule has 0 spiro atoms. The van der Waals surface area contributed by atoms with Crippen LogP contribution in [0.3, 0.4) is 0 Å². The summed E-state index contributed by atoms with van der Waals surface area (Å²) in [6, 6.07) is -1.25. The van der Waals surface area contributed by atoms with E-state index < -0.39 is 36.2 Å². The highest BCUT2D eigenvalue weighted by atomic mass is 19.1. The van der Waals surface area contributed by atoms with E-state index in [1.165, 1.54) is 0 Å². The molecule has 6 heteroatoms. The monoisotopic (exact) mass is 221 g/mol. The first-order valence-electron chi connectivity index (χ1n) is 4.49.